The zero-order valence-electron chi connectivity index (χ0n) is 44.7. The fourth-order valence-corrected chi connectivity index (χ4v) is 8.45. The highest BCUT2D eigenvalue weighted by Crippen LogP contribution is 2.16. The Labute approximate surface area is 416 Å². The van der Waals surface area contributed by atoms with E-state index in [1.54, 1.807) is 0 Å². The molecule has 390 valence electrons. The summed E-state index contributed by atoms with van der Waals surface area (Å²) in [6, 6.07) is 0. The van der Waals surface area contributed by atoms with Crippen molar-refractivity contribution in [1.82, 2.24) is 0 Å². The zero-order chi connectivity index (χ0) is 48.6. The van der Waals surface area contributed by atoms with E-state index in [0.717, 1.165) is 83.5 Å². The van der Waals surface area contributed by atoms with Crippen molar-refractivity contribution in [3.05, 3.63) is 48.6 Å². The van der Waals surface area contributed by atoms with Crippen molar-refractivity contribution >= 4 is 17.9 Å². The van der Waals surface area contributed by atoms with E-state index >= 15 is 0 Å². The Balaban J connectivity index is 4.27. The molecule has 0 radical (unpaired) electrons. The summed E-state index contributed by atoms with van der Waals surface area (Å²) in [7, 11) is 0. The van der Waals surface area contributed by atoms with Gasteiger partial charge < -0.3 is 14.2 Å². The summed E-state index contributed by atoms with van der Waals surface area (Å²) in [4.78, 5) is 38.1. The molecule has 0 saturated carbocycles. The minimum Gasteiger partial charge on any atom is -0.462 e. The molecule has 1 atom stereocenters. The van der Waals surface area contributed by atoms with Crippen molar-refractivity contribution in [3.63, 3.8) is 0 Å². The number of allylic oxidation sites excluding steroid dienone is 8. The minimum absolute atomic E-state index is 0.0821. The quantitative estimate of drug-likeness (QED) is 0.0262. The average Bonchev–Trinajstić information content (AvgIpc) is 3.33. The number of unbranched alkanes of at least 4 members (excludes halogenated alkanes) is 34. The van der Waals surface area contributed by atoms with Gasteiger partial charge in [-0.1, -0.05) is 256 Å². The van der Waals surface area contributed by atoms with Crippen LogP contribution >= 0.6 is 0 Å². The molecule has 0 amide bonds. The molecule has 1 unspecified atom stereocenters. The largest absolute Gasteiger partial charge is 0.462 e. The Morgan fingerprint density at radius 1 is 0.313 bits per heavy atom. The maximum atomic E-state index is 12.8. The Bertz CT molecular complexity index is 1170. The van der Waals surface area contributed by atoms with Crippen LogP contribution in [-0.4, -0.2) is 37.2 Å². The first kappa shape index (κ1) is 64.4. The van der Waals surface area contributed by atoms with E-state index in [4.69, 9.17) is 14.2 Å². The van der Waals surface area contributed by atoms with E-state index in [1.165, 1.54) is 180 Å². The highest BCUT2D eigenvalue weighted by atomic mass is 16.6. The van der Waals surface area contributed by atoms with Crippen molar-refractivity contribution in [2.45, 2.75) is 309 Å². The van der Waals surface area contributed by atoms with Gasteiger partial charge in [0.2, 0.25) is 0 Å². The molecule has 6 nitrogen and oxygen atoms in total. The van der Waals surface area contributed by atoms with Crippen LogP contribution in [0.3, 0.4) is 0 Å². The van der Waals surface area contributed by atoms with Crippen molar-refractivity contribution in [1.29, 1.82) is 0 Å². The van der Waals surface area contributed by atoms with Gasteiger partial charge in [0.25, 0.3) is 0 Å². The standard InChI is InChI=1S/C61H110O6/c1-4-7-10-13-16-19-22-25-26-27-28-29-30-31-32-33-34-37-39-42-45-48-51-54-60(63)66-57-58(67-61(64)55-52-49-46-43-40-36-24-21-18-15-12-9-6-3)56-65-59(62)53-50-47-44-41-38-35-23-20-17-14-11-8-5-2/h9,12,18,21,27-28,36,40,58H,4-8,10-11,13-17,19-20,22-26,29-35,37-39,41-57H2,1-3H3/b12-9-,21-18-,28-27-,40-36-. The minimum atomic E-state index is -0.785. The van der Waals surface area contributed by atoms with Crippen LogP contribution < -0.4 is 0 Å². The zero-order valence-corrected chi connectivity index (χ0v) is 44.7. The number of carbonyl (C=O) groups excluding carboxylic acids is 3. The highest BCUT2D eigenvalue weighted by molar-refractivity contribution is 5.71. The monoisotopic (exact) mass is 939 g/mol. The third-order valence-corrected chi connectivity index (χ3v) is 12.8. The lowest BCUT2D eigenvalue weighted by molar-refractivity contribution is -0.167. The van der Waals surface area contributed by atoms with E-state index in [2.05, 4.69) is 69.4 Å². The number of esters is 3. The van der Waals surface area contributed by atoms with Crippen LogP contribution in [-0.2, 0) is 28.6 Å². The van der Waals surface area contributed by atoms with Gasteiger partial charge in [0.05, 0.1) is 0 Å². The van der Waals surface area contributed by atoms with Crippen molar-refractivity contribution < 1.29 is 28.6 Å². The third-order valence-electron chi connectivity index (χ3n) is 12.8. The summed E-state index contributed by atoms with van der Waals surface area (Å²) < 4.78 is 16.8. The van der Waals surface area contributed by atoms with E-state index in [0.29, 0.717) is 19.3 Å². The van der Waals surface area contributed by atoms with E-state index in [1.807, 2.05) is 0 Å². The molecule has 0 aliphatic heterocycles. The lowest BCUT2D eigenvalue weighted by Crippen LogP contribution is -2.30. The van der Waals surface area contributed by atoms with Crippen molar-refractivity contribution in [2.24, 2.45) is 0 Å². The van der Waals surface area contributed by atoms with Gasteiger partial charge >= 0.3 is 17.9 Å². The van der Waals surface area contributed by atoms with Crippen LogP contribution in [0.5, 0.6) is 0 Å². The molecular weight excluding hydrogens is 829 g/mol. The Morgan fingerprint density at radius 3 is 0.940 bits per heavy atom. The number of ether oxygens (including phenoxy) is 3. The SMILES string of the molecule is CC/C=C\C/C=C\C/C=C\CCCCCC(=O)OC(COC(=O)CCCCCCCCCCCCC/C=C\CCCCCCCCCC)COC(=O)CCCCCCCCCCCCCCC. The van der Waals surface area contributed by atoms with Crippen LogP contribution in [0.1, 0.15) is 303 Å². The average molecular weight is 940 g/mol. The molecule has 0 aliphatic rings. The van der Waals surface area contributed by atoms with E-state index in [-0.39, 0.29) is 31.1 Å². The fraction of sp³-hybridized carbons (Fsp3) is 0.820. The van der Waals surface area contributed by atoms with Gasteiger partial charge in [0.1, 0.15) is 13.2 Å². The second kappa shape index (κ2) is 56.0. The smallest absolute Gasteiger partial charge is 0.306 e. The molecule has 0 aromatic carbocycles. The Morgan fingerprint density at radius 2 is 0.582 bits per heavy atom. The van der Waals surface area contributed by atoms with Gasteiger partial charge in [-0.15, -0.1) is 0 Å². The highest BCUT2D eigenvalue weighted by Gasteiger charge is 2.19. The molecule has 0 aromatic heterocycles. The van der Waals surface area contributed by atoms with Crippen molar-refractivity contribution in [2.75, 3.05) is 13.2 Å². The maximum Gasteiger partial charge on any atom is 0.306 e. The number of carbonyl (C=O) groups is 3. The predicted octanol–water partition coefficient (Wildman–Crippen LogP) is 19.4. The molecule has 0 rings (SSSR count). The second-order valence-corrected chi connectivity index (χ2v) is 19.5. The summed E-state index contributed by atoms with van der Waals surface area (Å²) in [6.45, 7) is 6.53. The van der Waals surface area contributed by atoms with Gasteiger partial charge in [0.15, 0.2) is 6.10 Å². The summed E-state index contributed by atoms with van der Waals surface area (Å²) in [6.07, 6.45) is 68.3. The molecule has 0 N–H and O–H groups in total. The van der Waals surface area contributed by atoms with Crippen LogP contribution in [0.2, 0.25) is 0 Å². The molecule has 0 saturated heterocycles. The molecule has 0 aromatic rings. The first-order valence-electron chi connectivity index (χ1n) is 29.1. The first-order chi connectivity index (χ1) is 33.0. The fourth-order valence-electron chi connectivity index (χ4n) is 8.45. The Kier molecular flexibility index (Phi) is 53.8. The normalized spacial score (nSPS) is 12.3. The summed E-state index contributed by atoms with van der Waals surface area (Å²) in [5.41, 5.74) is 0. The lowest BCUT2D eigenvalue weighted by atomic mass is 10.0. The predicted molar refractivity (Wildman–Crippen MR) is 289 cm³/mol. The van der Waals surface area contributed by atoms with Crippen LogP contribution in [0.4, 0.5) is 0 Å². The van der Waals surface area contributed by atoms with Crippen LogP contribution in [0, 0.1) is 0 Å². The van der Waals surface area contributed by atoms with Gasteiger partial charge in [-0.25, -0.2) is 0 Å². The number of hydrogen-bond donors (Lipinski definition) is 0. The molecule has 67 heavy (non-hydrogen) atoms. The lowest BCUT2D eigenvalue weighted by Gasteiger charge is -2.18. The van der Waals surface area contributed by atoms with Gasteiger partial charge in [-0.2, -0.15) is 0 Å². The van der Waals surface area contributed by atoms with Gasteiger partial charge in [0, 0.05) is 19.3 Å². The maximum absolute atomic E-state index is 12.8. The third kappa shape index (κ3) is 54.2. The second-order valence-electron chi connectivity index (χ2n) is 19.5. The van der Waals surface area contributed by atoms with Crippen molar-refractivity contribution in [3.8, 4) is 0 Å². The molecular formula is C61H110O6. The van der Waals surface area contributed by atoms with Gasteiger partial charge in [-0.3, -0.25) is 14.4 Å². The van der Waals surface area contributed by atoms with E-state index < -0.39 is 6.10 Å². The molecule has 0 fully saturated rings. The molecule has 6 heteroatoms. The number of hydrogen-bond acceptors (Lipinski definition) is 6. The van der Waals surface area contributed by atoms with E-state index in [9.17, 15) is 14.4 Å². The van der Waals surface area contributed by atoms with Gasteiger partial charge in [-0.05, 0) is 77.0 Å². The molecule has 0 spiro atoms. The molecule has 0 bridgehead atoms. The summed E-state index contributed by atoms with van der Waals surface area (Å²) in [5, 5.41) is 0. The Hall–Kier alpha value is -2.63. The summed E-state index contributed by atoms with van der Waals surface area (Å²) >= 11 is 0. The topological polar surface area (TPSA) is 78.9 Å². The molecule has 0 heterocycles. The van der Waals surface area contributed by atoms with Crippen LogP contribution in [0.25, 0.3) is 0 Å². The number of rotatable bonds is 53. The molecule has 0 aliphatic carbocycles. The first-order valence-corrected chi connectivity index (χ1v) is 29.1. The summed E-state index contributed by atoms with van der Waals surface area (Å²) in [5.74, 6) is -0.899. The van der Waals surface area contributed by atoms with Crippen LogP contribution in [0.15, 0.2) is 48.6 Å².